The summed E-state index contributed by atoms with van der Waals surface area (Å²) in [5.41, 5.74) is 0.864. The molecule has 1 nitrogen and oxygen atoms in total. The summed E-state index contributed by atoms with van der Waals surface area (Å²) in [6, 6.07) is 0. The number of Topliss-reactive ketones (excluding diaryl/α,β-unsaturated/α-hetero) is 1. The van der Waals surface area contributed by atoms with Gasteiger partial charge in [-0.25, -0.2) is 0 Å². The van der Waals surface area contributed by atoms with Crippen molar-refractivity contribution in [3.8, 4) is 0 Å². The first-order valence-corrected chi connectivity index (χ1v) is 5.04. The molecular weight excluding hydrogens is 216 g/mol. The third kappa shape index (κ3) is 2.31. The second-order valence-electron chi connectivity index (χ2n) is 3.17. The summed E-state index contributed by atoms with van der Waals surface area (Å²) in [6.07, 6.45) is 5.60. The molecule has 0 saturated heterocycles. The van der Waals surface area contributed by atoms with Gasteiger partial charge >= 0.3 is 0 Å². The van der Waals surface area contributed by atoms with Crippen molar-refractivity contribution in [2.75, 3.05) is 0 Å². The van der Waals surface area contributed by atoms with Gasteiger partial charge in [0.2, 0.25) is 0 Å². The predicted octanol–water partition coefficient (Wildman–Crippen LogP) is 3.21. The molecule has 12 heavy (non-hydrogen) atoms. The Morgan fingerprint density at radius 3 is 2.92 bits per heavy atom. The number of rotatable bonds is 2. The van der Waals surface area contributed by atoms with Gasteiger partial charge in [0.15, 0.2) is 5.78 Å². The van der Waals surface area contributed by atoms with Gasteiger partial charge in [-0.3, -0.25) is 4.79 Å². The summed E-state index contributed by atoms with van der Waals surface area (Å²) in [6.45, 7) is 4.02. The monoisotopic (exact) mass is 228 g/mol. The summed E-state index contributed by atoms with van der Waals surface area (Å²) in [5.74, 6) is 0.716. The zero-order valence-corrected chi connectivity index (χ0v) is 9.02. The van der Waals surface area contributed by atoms with Gasteiger partial charge in [-0.05, 0) is 22.9 Å². The van der Waals surface area contributed by atoms with E-state index in [0.29, 0.717) is 12.3 Å². The third-order valence-corrected chi connectivity index (χ3v) is 2.49. The van der Waals surface area contributed by atoms with Crippen LogP contribution < -0.4 is 0 Å². The van der Waals surface area contributed by atoms with Crippen molar-refractivity contribution in [2.24, 2.45) is 5.92 Å². The molecule has 1 aliphatic rings. The molecule has 1 aliphatic carbocycles. The van der Waals surface area contributed by atoms with E-state index in [1.165, 1.54) is 0 Å². The lowest BCUT2D eigenvalue weighted by Crippen LogP contribution is -2.05. The van der Waals surface area contributed by atoms with Crippen molar-refractivity contribution in [3.63, 3.8) is 0 Å². The Morgan fingerprint density at radius 1 is 1.75 bits per heavy atom. The van der Waals surface area contributed by atoms with Crippen LogP contribution in [-0.4, -0.2) is 5.78 Å². The summed E-state index contributed by atoms with van der Waals surface area (Å²) < 4.78 is 1.13. The highest BCUT2D eigenvalue weighted by Crippen LogP contribution is 2.26. The smallest absolute Gasteiger partial charge is 0.162 e. The van der Waals surface area contributed by atoms with Crippen LogP contribution in [0.5, 0.6) is 0 Å². The maximum Gasteiger partial charge on any atom is 0.162 e. The molecule has 0 N–H and O–H groups in total. The summed E-state index contributed by atoms with van der Waals surface area (Å²) in [7, 11) is 0. The lowest BCUT2D eigenvalue weighted by Gasteiger charge is -2.13. The molecule has 0 bridgehead atoms. The lowest BCUT2D eigenvalue weighted by atomic mass is 9.95. The van der Waals surface area contributed by atoms with Crippen LogP contribution in [0.2, 0.25) is 0 Å². The minimum absolute atomic E-state index is 0.235. The maximum absolute atomic E-state index is 11.3. The molecule has 0 spiro atoms. The Bertz CT molecular complexity index is 251. The van der Waals surface area contributed by atoms with Gasteiger partial charge in [-0.1, -0.05) is 35.9 Å². The predicted molar refractivity (Wildman–Crippen MR) is 54.2 cm³/mol. The van der Waals surface area contributed by atoms with Crippen LogP contribution in [0.1, 0.15) is 26.7 Å². The van der Waals surface area contributed by atoms with Crippen LogP contribution in [0.4, 0.5) is 0 Å². The van der Waals surface area contributed by atoms with E-state index in [1.807, 2.05) is 13.0 Å². The first-order valence-electron chi connectivity index (χ1n) is 4.24. The lowest BCUT2D eigenvalue weighted by molar-refractivity contribution is -0.115. The Hall–Kier alpha value is -0.370. The summed E-state index contributed by atoms with van der Waals surface area (Å²) in [4.78, 5) is 11.3. The number of halogens is 1. The van der Waals surface area contributed by atoms with E-state index in [4.69, 9.17) is 0 Å². The Labute approximate surface area is 81.7 Å². The van der Waals surface area contributed by atoms with Crippen LogP contribution in [0.15, 0.2) is 22.2 Å². The van der Waals surface area contributed by atoms with Gasteiger partial charge in [0.25, 0.3) is 0 Å². The molecule has 1 rings (SSSR count). The van der Waals surface area contributed by atoms with Crippen molar-refractivity contribution >= 4 is 21.7 Å². The molecule has 0 radical (unpaired) electrons. The standard InChI is InChI=1S/C10H13BrO/c1-3-10(12)8-4-7(2)5-9(11)6-8/h4,6-7H,3,5H2,1-2H3. The van der Waals surface area contributed by atoms with Crippen molar-refractivity contribution in [3.05, 3.63) is 22.2 Å². The first-order chi connectivity index (χ1) is 5.63. The minimum Gasteiger partial charge on any atom is -0.294 e. The molecule has 0 saturated carbocycles. The average Bonchev–Trinajstić information content (AvgIpc) is 2.01. The Balaban J connectivity index is 2.83. The first kappa shape index (κ1) is 9.72. The van der Waals surface area contributed by atoms with Gasteiger partial charge in [-0.15, -0.1) is 0 Å². The van der Waals surface area contributed by atoms with E-state index < -0.39 is 0 Å². The zero-order valence-electron chi connectivity index (χ0n) is 7.43. The fourth-order valence-electron chi connectivity index (χ4n) is 1.33. The van der Waals surface area contributed by atoms with E-state index in [0.717, 1.165) is 16.5 Å². The molecule has 0 heterocycles. The molecule has 2 heteroatoms. The number of allylic oxidation sites excluding steroid dienone is 4. The minimum atomic E-state index is 0.235. The molecule has 0 fully saturated rings. The van der Waals surface area contributed by atoms with Gasteiger partial charge < -0.3 is 0 Å². The topological polar surface area (TPSA) is 17.1 Å². The Kier molecular flexibility index (Phi) is 3.27. The molecular formula is C10H13BrO. The van der Waals surface area contributed by atoms with E-state index in [9.17, 15) is 4.79 Å². The van der Waals surface area contributed by atoms with Crippen LogP contribution in [-0.2, 0) is 4.79 Å². The molecule has 0 aromatic rings. The quantitative estimate of drug-likeness (QED) is 0.710. The highest BCUT2D eigenvalue weighted by Gasteiger charge is 2.13. The third-order valence-electron chi connectivity index (χ3n) is 1.94. The molecule has 1 unspecified atom stereocenters. The average molecular weight is 229 g/mol. The van der Waals surface area contributed by atoms with Crippen molar-refractivity contribution in [1.82, 2.24) is 0 Å². The highest BCUT2D eigenvalue weighted by atomic mass is 79.9. The number of hydrogen-bond acceptors (Lipinski definition) is 1. The second kappa shape index (κ2) is 4.04. The number of carbonyl (C=O) groups is 1. The number of hydrogen-bond donors (Lipinski definition) is 0. The van der Waals surface area contributed by atoms with Crippen molar-refractivity contribution in [1.29, 1.82) is 0 Å². The van der Waals surface area contributed by atoms with Crippen LogP contribution in [0.3, 0.4) is 0 Å². The number of ketones is 1. The summed E-state index contributed by atoms with van der Waals surface area (Å²) in [5, 5.41) is 0. The van der Waals surface area contributed by atoms with Crippen molar-refractivity contribution < 1.29 is 4.79 Å². The largest absolute Gasteiger partial charge is 0.294 e. The second-order valence-corrected chi connectivity index (χ2v) is 4.19. The summed E-state index contributed by atoms with van der Waals surface area (Å²) >= 11 is 3.43. The number of carbonyl (C=O) groups excluding carboxylic acids is 1. The molecule has 66 valence electrons. The van der Waals surface area contributed by atoms with E-state index in [1.54, 1.807) is 0 Å². The molecule has 1 atom stereocenters. The molecule has 0 amide bonds. The molecule has 0 aliphatic heterocycles. The van der Waals surface area contributed by atoms with Crippen molar-refractivity contribution in [2.45, 2.75) is 26.7 Å². The van der Waals surface area contributed by atoms with E-state index in [-0.39, 0.29) is 5.78 Å². The van der Waals surface area contributed by atoms with Gasteiger partial charge in [0, 0.05) is 12.0 Å². The van der Waals surface area contributed by atoms with Gasteiger partial charge in [0.05, 0.1) is 0 Å². The van der Waals surface area contributed by atoms with E-state index >= 15 is 0 Å². The fourth-order valence-corrected chi connectivity index (χ4v) is 2.08. The van der Waals surface area contributed by atoms with Crippen LogP contribution in [0.25, 0.3) is 0 Å². The molecule has 0 aromatic carbocycles. The fraction of sp³-hybridized carbons (Fsp3) is 0.500. The Morgan fingerprint density at radius 2 is 2.42 bits per heavy atom. The normalized spacial score (nSPS) is 23.1. The zero-order chi connectivity index (χ0) is 9.14. The SMILES string of the molecule is CCC(=O)C1=CC(C)CC(Br)=C1. The van der Waals surface area contributed by atoms with Gasteiger partial charge in [-0.2, -0.15) is 0 Å². The van der Waals surface area contributed by atoms with Crippen LogP contribution in [0, 0.1) is 5.92 Å². The van der Waals surface area contributed by atoms with E-state index in [2.05, 4.69) is 28.9 Å². The van der Waals surface area contributed by atoms with Gasteiger partial charge in [0.1, 0.15) is 0 Å². The van der Waals surface area contributed by atoms with Crippen LogP contribution >= 0.6 is 15.9 Å². The maximum atomic E-state index is 11.3. The molecule has 0 aromatic heterocycles. The highest BCUT2D eigenvalue weighted by molar-refractivity contribution is 9.11.